The monoisotopic (exact) mass is 432 g/mol. The number of hydrogen-bond acceptors (Lipinski definition) is 7. The molecule has 0 aromatic heterocycles. The number of nitrogens with zero attached hydrogens (tertiary/aromatic N) is 2. The van der Waals surface area contributed by atoms with Crippen LogP contribution in [-0.4, -0.2) is 65.9 Å². The average molecular weight is 432 g/mol. The highest BCUT2D eigenvalue weighted by Crippen LogP contribution is 2.35. The summed E-state index contributed by atoms with van der Waals surface area (Å²) in [6, 6.07) is 0. The second-order valence-electron chi connectivity index (χ2n) is 5.12. The van der Waals surface area contributed by atoms with Gasteiger partial charge in [-0.05, 0) is 0 Å². The Hall–Kier alpha value is -1.89. The molecule has 0 unspecified atom stereocenters. The Morgan fingerprint density at radius 2 is 1.41 bits per heavy atom. The highest BCUT2D eigenvalue weighted by atomic mass is 32.2. The third-order valence-corrected chi connectivity index (χ3v) is 6.04. The summed E-state index contributed by atoms with van der Waals surface area (Å²) < 4.78 is 73.7. The van der Waals surface area contributed by atoms with Crippen molar-refractivity contribution in [2.24, 2.45) is 0 Å². The van der Waals surface area contributed by atoms with Crippen LogP contribution < -0.4 is 0 Å². The summed E-state index contributed by atoms with van der Waals surface area (Å²) in [5.74, 6) is -2.86. The fourth-order valence-electron chi connectivity index (χ4n) is 2.02. The molecule has 27 heavy (non-hydrogen) atoms. The van der Waals surface area contributed by atoms with Crippen molar-refractivity contribution in [2.45, 2.75) is 23.6 Å². The molecule has 0 atom stereocenters. The number of alkyl halides is 3. The molecular formula is C14H19F3N2O6S2. The molecule has 0 aliphatic carbocycles. The lowest BCUT2D eigenvalue weighted by atomic mass is 10.3. The van der Waals surface area contributed by atoms with Gasteiger partial charge in [0.05, 0.1) is 37.9 Å². The van der Waals surface area contributed by atoms with Crippen molar-refractivity contribution in [3.05, 3.63) is 25.7 Å². The van der Waals surface area contributed by atoms with Crippen LogP contribution in [0.5, 0.6) is 0 Å². The van der Waals surface area contributed by atoms with E-state index in [1.54, 1.807) is 0 Å². The molecule has 1 aliphatic heterocycles. The van der Waals surface area contributed by atoms with Crippen LogP contribution in [-0.2, 0) is 28.9 Å². The maximum absolute atomic E-state index is 12.9. The van der Waals surface area contributed by atoms with Gasteiger partial charge < -0.3 is 9.47 Å². The Morgan fingerprint density at radius 1 is 1.00 bits per heavy atom. The topological polar surface area (TPSA) is 93.2 Å². The van der Waals surface area contributed by atoms with Gasteiger partial charge in [-0.15, -0.1) is 0 Å². The van der Waals surface area contributed by atoms with E-state index in [0.717, 1.165) is 21.1 Å². The first kappa shape index (κ1) is 23.1. The summed E-state index contributed by atoms with van der Waals surface area (Å²) >= 11 is 0.567. The van der Waals surface area contributed by atoms with E-state index in [0.29, 0.717) is 12.1 Å². The minimum Gasteiger partial charge on any atom is -0.502 e. The fraction of sp³-hybridized carbons (Fsp3) is 0.571. The Morgan fingerprint density at radius 3 is 1.74 bits per heavy atom. The number of ether oxygens (including phenoxy) is 2. The molecule has 0 radical (unpaired) electrons. The molecule has 2 amide bonds. The molecule has 0 saturated carbocycles. The summed E-state index contributed by atoms with van der Waals surface area (Å²) in [5, 5.41) is -2.86. The highest BCUT2D eigenvalue weighted by molar-refractivity contribution is 7.98. The molecule has 0 aromatic rings. The first-order valence-corrected chi connectivity index (χ1v) is 9.91. The summed E-state index contributed by atoms with van der Waals surface area (Å²) in [6.07, 6.45) is 2.70. The first-order chi connectivity index (χ1) is 12.6. The minimum absolute atomic E-state index is 0.117. The van der Waals surface area contributed by atoms with Crippen molar-refractivity contribution < 1.29 is 40.7 Å². The Labute approximate surface area is 159 Å². The zero-order chi connectivity index (χ0) is 20.7. The molecule has 0 N–H and O–H groups in total. The summed E-state index contributed by atoms with van der Waals surface area (Å²) in [5.41, 5.74) is -5.74. The van der Waals surface area contributed by atoms with Crippen LogP contribution in [0.1, 0.15) is 12.8 Å². The number of sulfone groups is 1. The number of halogens is 3. The smallest absolute Gasteiger partial charge is 0.498 e. The Kier molecular flexibility index (Phi) is 8.47. The molecule has 0 bridgehead atoms. The number of hydrogen-bond donors (Lipinski definition) is 0. The van der Waals surface area contributed by atoms with E-state index in [9.17, 15) is 31.2 Å². The molecule has 1 rings (SSSR count). The van der Waals surface area contributed by atoms with E-state index in [-0.39, 0.29) is 39.1 Å². The molecule has 0 spiro atoms. The van der Waals surface area contributed by atoms with Crippen molar-refractivity contribution in [2.75, 3.05) is 26.3 Å². The molecular weight excluding hydrogens is 413 g/mol. The molecule has 1 aliphatic rings. The third kappa shape index (κ3) is 5.79. The summed E-state index contributed by atoms with van der Waals surface area (Å²) in [6.45, 7) is 6.64. The lowest BCUT2D eigenvalue weighted by Crippen LogP contribution is -2.58. The van der Waals surface area contributed by atoms with Gasteiger partial charge in [0.15, 0.2) is 0 Å². The van der Waals surface area contributed by atoms with Crippen LogP contribution in [0, 0.1) is 0 Å². The van der Waals surface area contributed by atoms with E-state index >= 15 is 0 Å². The van der Waals surface area contributed by atoms with Gasteiger partial charge in [-0.3, -0.25) is 18.2 Å². The molecule has 154 valence electrons. The number of carbonyl (C=O) groups is 2. The largest absolute Gasteiger partial charge is 0.502 e. The van der Waals surface area contributed by atoms with Gasteiger partial charge in [-0.2, -0.15) is 13.2 Å². The van der Waals surface area contributed by atoms with Crippen molar-refractivity contribution in [1.29, 1.82) is 0 Å². The van der Waals surface area contributed by atoms with Crippen LogP contribution in [0.3, 0.4) is 0 Å². The van der Waals surface area contributed by atoms with E-state index in [1.165, 1.54) is 0 Å². The second-order valence-corrected chi connectivity index (χ2v) is 8.18. The van der Waals surface area contributed by atoms with Gasteiger partial charge in [0.25, 0.3) is 21.7 Å². The van der Waals surface area contributed by atoms with Crippen LogP contribution >= 0.6 is 12.1 Å². The molecule has 1 heterocycles. The number of carbonyl (C=O) groups excluding carboxylic acids is 2. The van der Waals surface area contributed by atoms with Crippen molar-refractivity contribution >= 4 is 33.8 Å². The van der Waals surface area contributed by atoms with Gasteiger partial charge in [-0.1, -0.05) is 13.2 Å². The molecule has 1 saturated heterocycles. The summed E-state index contributed by atoms with van der Waals surface area (Å²) in [4.78, 5) is 24.6. The number of rotatable bonds is 11. The number of amides is 2. The lowest BCUT2D eigenvalue weighted by Gasteiger charge is -2.36. The van der Waals surface area contributed by atoms with Gasteiger partial charge in [0.1, 0.15) is 0 Å². The van der Waals surface area contributed by atoms with E-state index in [2.05, 4.69) is 13.2 Å². The van der Waals surface area contributed by atoms with E-state index in [1.807, 2.05) is 0 Å². The highest BCUT2D eigenvalue weighted by Gasteiger charge is 2.60. The third-order valence-electron chi connectivity index (χ3n) is 3.25. The minimum atomic E-state index is -6.02. The summed E-state index contributed by atoms with van der Waals surface area (Å²) in [7, 11) is -6.02. The Balaban J connectivity index is 3.03. The van der Waals surface area contributed by atoms with E-state index in [4.69, 9.17) is 9.47 Å². The van der Waals surface area contributed by atoms with Crippen molar-refractivity contribution in [3.8, 4) is 0 Å². The molecule has 13 heteroatoms. The quantitative estimate of drug-likeness (QED) is 0.212. The maximum atomic E-state index is 12.9. The maximum Gasteiger partial charge on any atom is 0.498 e. The van der Waals surface area contributed by atoms with Gasteiger partial charge in [0.2, 0.25) is 5.25 Å². The first-order valence-electron chi connectivity index (χ1n) is 7.64. The molecule has 0 aromatic carbocycles. The molecule has 8 nitrogen and oxygen atoms in total. The average Bonchev–Trinajstić information content (AvgIpc) is 2.57. The van der Waals surface area contributed by atoms with E-state index < -0.39 is 32.4 Å². The van der Waals surface area contributed by atoms with Crippen molar-refractivity contribution in [3.63, 3.8) is 0 Å². The van der Waals surface area contributed by atoms with Gasteiger partial charge >= 0.3 is 5.51 Å². The lowest BCUT2D eigenvalue weighted by molar-refractivity contribution is -0.137. The zero-order valence-electron chi connectivity index (χ0n) is 14.2. The fourth-order valence-corrected chi connectivity index (χ4v) is 4.23. The molecule has 1 fully saturated rings. The second kappa shape index (κ2) is 9.88. The Bertz CT molecular complexity index is 634. The van der Waals surface area contributed by atoms with Crippen LogP contribution in [0.4, 0.5) is 13.2 Å². The van der Waals surface area contributed by atoms with Crippen molar-refractivity contribution in [1.82, 2.24) is 8.61 Å². The predicted octanol–water partition coefficient (Wildman–Crippen LogP) is 1.62. The van der Waals surface area contributed by atoms with Crippen LogP contribution in [0.15, 0.2) is 25.7 Å². The SMILES string of the molecule is C=COCCCN1SN(CCCOC=C)C(=O)C(S(=O)(=O)C(F)(F)F)C1=O. The van der Waals surface area contributed by atoms with Gasteiger partial charge in [0, 0.05) is 25.9 Å². The van der Waals surface area contributed by atoms with Crippen LogP contribution in [0.2, 0.25) is 0 Å². The normalized spacial score (nSPS) is 16.4. The van der Waals surface area contributed by atoms with Gasteiger partial charge in [-0.25, -0.2) is 8.42 Å². The zero-order valence-corrected chi connectivity index (χ0v) is 15.8. The standard InChI is InChI=1S/C14H19F3N2O6S2/c1-3-24-9-5-7-18-12(20)11(27(22,23)14(15,16)17)13(21)19(26-18)8-6-10-25-4-2/h3-4,11H,1-2,5-10H2. The van der Waals surface area contributed by atoms with Crippen LogP contribution in [0.25, 0.3) is 0 Å². The predicted molar refractivity (Wildman–Crippen MR) is 91.3 cm³/mol.